The number of benzene rings is 1. The van der Waals surface area contributed by atoms with Gasteiger partial charge in [-0.2, -0.15) is 5.26 Å². The van der Waals surface area contributed by atoms with Gasteiger partial charge in [0, 0.05) is 67.6 Å². The number of nitrogens with zero attached hydrogens (tertiary/aromatic N) is 5. The van der Waals surface area contributed by atoms with E-state index in [-0.39, 0.29) is 35.0 Å². The van der Waals surface area contributed by atoms with Crippen molar-refractivity contribution in [2.24, 2.45) is 10.8 Å². The molecule has 2 saturated heterocycles. The first-order valence-corrected chi connectivity index (χ1v) is 14.0. The fourth-order valence-corrected chi connectivity index (χ4v) is 7.16. The predicted molar refractivity (Wildman–Crippen MR) is 149 cm³/mol. The molecule has 10 heteroatoms. The van der Waals surface area contributed by atoms with Crippen LogP contribution in [0.25, 0.3) is 0 Å². The van der Waals surface area contributed by atoms with Gasteiger partial charge in [-0.15, -0.1) is 0 Å². The Labute approximate surface area is 235 Å². The highest BCUT2D eigenvalue weighted by Crippen LogP contribution is 2.55. The standard InChI is InChI=1S/C29H37ClN6O3/c1-28(2)25(29(3,4)26(28)39-22-6-5-18(14-31)23(30)13-22)34-24(38)19-15-32-27(33-16-19)35-10-7-20(8-11-35)36-12-9-21(37)17-36/h5-6,13,15-16,20-21,25-26,37H,7-12,17H2,1-4H3,(H,34,38). The summed E-state index contributed by atoms with van der Waals surface area (Å²) < 4.78 is 6.32. The summed E-state index contributed by atoms with van der Waals surface area (Å²) in [5.74, 6) is 1.03. The number of piperidine rings is 1. The Hall–Kier alpha value is -2.93. The molecular weight excluding hydrogens is 516 g/mol. The van der Waals surface area contributed by atoms with Crippen molar-refractivity contribution in [2.45, 2.75) is 71.2 Å². The summed E-state index contributed by atoms with van der Waals surface area (Å²) in [6.07, 6.45) is 5.73. The van der Waals surface area contributed by atoms with Gasteiger partial charge in [-0.05, 0) is 31.4 Å². The molecule has 0 radical (unpaired) electrons. The molecule has 1 saturated carbocycles. The van der Waals surface area contributed by atoms with Gasteiger partial charge in [-0.1, -0.05) is 39.3 Å². The number of ether oxygens (including phenoxy) is 1. The molecule has 3 heterocycles. The molecule has 2 aromatic rings. The van der Waals surface area contributed by atoms with Crippen LogP contribution < -0.4 is 15.0 Å². The number of halogens is 1. The van der Waals surface area contributed by atoms with E-state index in [2.05, 4.69) is 58.8 Å². The van der Waals surface area contributed by atoms with E-state index in [1.54, 1.807) is 30.6 Å². The van der Waals surface area contributed by atoms with Crippen LogP contribution in [-0.4, -0.2) is 76.4 Å². The number of aliphatic hydroxyl groups excluding tert-OH is 1. The number of amides is 1. The highest BCUT2D eigenvalue weighted by atomic mass is 35.5. The minimum absolute atomic E-state index is 0.140. The van der Waals surface area contributed by atoms with Gasteiger partial charge in [0.05, 0.1) is 22.3 Å². The van der Waals surface area contributed by atoms with E-state index >= 15 is 0 Å². The predicted octanol–water partition coefficient (Wildman–Crippen LogP) is 3.65. The van der Waals surface area contributed by atoms with Crippen LogP contribution in [0.15, 0.2) is 30.6 Å². The van der Waals surface area contributed by atoms with Crippen LogP contribution in [-0.2, 0) is 0 Å². The Balaban J connectivity index is 1.18. The minimum Gasteiger partial charge on any atom is -0.489 e. The number of β-amino-alcohol motifs (C(OH)–C–C–N with tert-alkyl or cyclic N) is 1. The number of carbonyl (C=O) groups is 1. The number of likely N-dealkylation sites (tertiary alicyclic amines) is 1. The molecule has 208 valence electrons. The average Bonchev–Trinajstić information content (AvgIpc) is 3.36. The van der Waals surface area contributed by atoms with E-state index in [1.807, 2.05) is 0 Å². The molecule has 0 spiro atoms. The summed E-state index contributed by atoms with van der Waals surface area (Å²) in [5.41, 5.74) is 0.128. The number of anilines is 1. The van der Waals surface area contributed by atoms with Gasteiger partial charge < -0.3 is 20.1 Å². The van der Waals surface area contributed by atoms with Gasteiger partial charge in [0.15, 0.2) is 0 Å². The van der Waals surface area contributed by atoms with Gasteiger partial charge in [-0.3, -0.25) is 9.69 Å². The summed E-state index contributed by atoms with van der Waals surface area (Å²) >= 11 is 6.20. The Morgan fingerprint density at radius 1 is 1.13 bits per heavy atom. The molecule has 1 unspecified atom stereocenters. The third-order valence-electron chi connectivity index (χ3n) is 8.79. The van der Waals surface area contributed by atoms with Gasteiger partial charge in [0.25, 0.3) is 5.91 Å². The number of nitrogens with one attached hydrogen (secondary N) is 1. The fraction of sp³-hybridized carbons (Fsp3) is 0.586. The van der Waals surface area contributed by atoms with Crippen molar-refractivity contribution < 1.29 is 14.6 Å². The molecule has 1 aliphatic carbocycles. The Kier molecular flexibility index (Phi) is 7.49. The van der Waals surface area contributed by atoms with Crippen molar-refractivity contribution in [2.75, 3.05) is 31.1 Å². The highest BCUT2D eigenvalue weighted by molar-refractivity contribution is 6.31. The Morgan fingerprint density at radius 2 is 1.79 bits per heavy atom. The van der Waals surface area contributed by atoms with Crippen LogP contribution in [0.5, 0.6) is 5.75 Å². The van der Waals surface area contributed by atoms with Crippen LogP contribution in [0.3, 0.4) is 0 Å². The maximum atomic E-state index is 13.2. The zero-order valence-electron chi connectivity index (χ0n) is 23.0. The molecule has 39 heavy (non-hydrogen) atoms. The number of nitriles is 1. The molecule has 5 rings (SSSR count). The minimum atomic E-state index is -0.351. The van der Waals surface area contributed by atoms with Crippen molar-refractivity contribution in [3.05, 3.63) is 46.7 Å². The lowest BCUT2D eigenvalue weighted by Crippen LogP contribution is -2.74. The van der Waals surface area contributed by atoms with Crippen LogP contribution >= 0.6 is 11.6 Å². The second kappa shape index (κ2) is 10.6. The topological polar surface area (TPSA) is 115 Å². The number of aromatic nitrogens is 2. The quantitative estimate of drug-likeness (QED) is 0.558. The summed E-state index contributed by atoms with van der Waals surface area (Å²) in [7, 11) is 0. The fourth-order valence-electron chi connectivity index (χ4n) is 6.94. The largest absolute Gasteiger partial charge is 0.489 e. The molecule has 9 nitrogen and oxygen atoms in total. The summed E-state index contributed by atoms with van der Waals surface area (Å²) in [4.78, 5) is 26.8. The first-order valence-electron chi connectivity index (χ1n) is 13.7. The second-order valence-electron chi connectivity index (χ2n) is 12.2. The highest BCUT2D eigenvalue weighted by Gasteiger charge is 2.64. The van der Waals surface area contributed by atoms with Crippen LogP contribution in [0.2, 0.25) is 5.02 Å². The van der Waals surface area contributed by atoms with E-state index in [1.165, 1.54) is 0 Å². The molecule has 0 bridgehead atoms. The summed E-state index contributed by atoms with van der Waals surface area (Å²) in [6, 6.07) is 7.49. The van der Waals surface area contributed by atoms with Crippen molar-refractivity contribution in [1.29, 1.82) is 5.26 Å². The third-order valence-corrected chi connectivity index (χ3v) is 9.10. The van der Waals surface area contributed by atoms with Gasteiger partial charge >= 0.3 is 0 Å². The Bertz CT molecular complexity index is 1240. The van der Waals surface area contributed by atoms with Crippen molar-refractivity contribution in [3.63, 3.8) is 0 Å². The van der Waals surface area contributed by atoms with Crippen LogP contribution in [0.1, 0.15) is 62.9 Å². The molecule has 1 aromatic carbocycles. The van der Waals surface area contributed by atoms with Crippen molar-refractivity contribution in [3.8, 4) is 11.8 Å². The van der Waals surface area contributed by atoms with E-state index in [0.717, 1.165) is 45.4 Å². The van der Waals surface area contributed by atoms with Crippen molar-refractivity contribution in [1.82, 2.24) is 20.2 Å². The maximum absolute atomic E-state index is 13.2. The number of carbonyl (C=O) groups excluding carboxylic acids is 1. The van der Waals surface area contributed by atoms with Crippen LogP contribution in [0, 0.1) is 22.2 Å². The molecule has 1 atom stereocenters. The first kappa shape index (κ1) is 27.6. The zero-order valence-corrected chi connectivity index (χ0v) is 23.8. The monoisotopic (exact) mass is 552 g/mol. The lowest BCUT2D eigenvalue weighted by Gasteiger charge is -2.63. The summed E-state index contributed by atoms with van der Waals surface area (Å²) in [5, 5.41) is 22.5. The number of hydrogen-bond donors (Lipinski definition) is 2. The second-order valence-corrected chi connectivity index (χ2v) is 12.6. The number of rotatable bonds is 6. The van der Waals surface area contributed by atoms with Crippen molar-refractivity contribution >= 4 is 23.5 Å². The average molecular weight is 553 g/mol. The maximum Gasteiger partial charge on any atom is 0.254 e. The zero-order chi connectivity index (χ0) is 27.9. The summed E-state index contributed by atoms with van der Waals surface area (Å²) in [6.45, 7) is 11.8. The Morgan fingerprint density at radius 3 is 2.36 bits per heavy atom. The molecule has 2 aliphatic heterocycles. The van der Waals surface area contributed by atoms with E-state index in [4.69, 9.17) is 21.6 Å². The SMILES string of the molecule is CC1(C)C(NC(=O)c2cnc(N3CCC(N4CCC(O)C4)CC3)nc2)C(C)(C)C1Oc1ccc(C#N)c(Cl)c1. The lowest BCUT2D eigenvalue weighted by atomic mass is 9.49. The van der Waals surface area contributed by atoms with Crippen LogP contribution in [0.4, 0.5) is 5.95 Å². The van der Waals surface area contributed by atoms with Gasteiger partial charge in [0.1, 0.15) is 17.9 Å². The normalized spacial score (nSPS) is 26.5. The third kappa shape index (κ3) is 5.30. The first-order chi connectivity index (χ1) is 18.5. The number of aliphatic hydroxyl groups is 1. The molecule has 1 amide bonds. The molecule has 3 aliphatic rings. The molecule has 3 fully saturated rings. The van der Waals surface area contributed by atoms with E-state index in [9.17, 15) is 9.90 Å². The van der Waals surface area contributed by atoms with E-state index in [0.29, 0.717) is 33.9 Å². The lowest BCUT2D eigenvalue weighted by molar-refractivity contribution is -0.164. The van der Waals surface area contributed by atoms with Gasteiger partial charge in [-0.25, -0.2) is 9.97 Å². The molecular formula is C29H37ClN6O3. The van der Waals surface area contributed by atoms with Gasteiger partial charge in [0.2, 0.25) is 5.95 Å². The smallest absolute Gasteiger partial charge is 0.254 e. The molecule has 2 N–H and O–H groups in total. The molecule has 1 aromatic heterocycles. The van der Waals surface area contributed by atoms with E-state index < -0.39 is 0 Å². The number of hydrogen-bond acceptors (Lipinski definition) is 8.